The lowest BCUT2D eigenvalue weighted by atomic mass is 9.87. The first-order chi connectivity index (χ1) is 10.4. The standard InChI is InChI=1S/C19H19NO2/c1-19(2,3)17-10-8-16(9-11-17)18(21)22-13-15-6-4-14(12-20)5-7-15/h4-11H,13H2,1-3H3. The van der Waals surface area contributed by atoms with Gasteiger partial charge in [0.05, 0.1) is 17.2 Å². The molecule has 0 aliphatic heterocycles. The van der Waals surface area contributed by atoms with Gasteiger partial charge in [-0.2, -0.15) is 5.26 Å². The summed E-state index contributed by atoms with van der Waals surface area (Å²) in [5, 5.41) is 8.74. The predicted octanol–water partition coefficient (Wildman–Crippen LogP) is 4.21. The molecule has 0 unspecified atom stereocenters. The van der Waals surface area contributed by atoms with Gasteiger partial charge in [0.2, 0.25) is 0 Å². The van der Waals surface area contributed by atoms with Crippen molar-refractivity contribution in [2.45, 2.75) is 32.8 Å². The molecule has 0 saturated heterocycles. The number of esters is 1. The molecule has 3 nitrogen and oxygen atoms in total. The van der Waals surface area contributed by atoms with E-state index in [9.17, 15) is 4.79 Å². The maximum Gasteiger partial charge on any atom is 0.338 e. The van der Waals surface area contributed by atoms with Gasteiger partial charge in [0.25, 0.3) is 0 Å². The second kappa shape index (κ2) is 6.44. The maximum absolute atomic E-state index is 12.0. The maximum atomic E-state index is 12.0. The molecule has 0 heterocycles. The van der Waals surface area contributed by atoms with Gasteiger partial charge in [-0.15, -0.1) is 0 Å². The predicted molar refractivity (Wildman–Crippen MR) is 85.4 cm³/mol. The number of ether oxygens (including phenoxy) is 1. The van der Waals surface area contributed by atoms with E-state index >= 15 is 0 Å². The molecule has 0 bridgehead atoms. The van der Waals surface area contributed by atoms with Crippen LogP contribution in [0.25, 0.3) is 0 Å². The summed E-state index contributed by atoms with van der Waals surface area (Å²) in [6.45, 7) is 6.59. The first kappa shape index (κ1) is 15.8. The number of nitrogens with zero attached hydrogens (tertiary/aromatic N) is 1. The molecule has 0 N–H and O–H groups in total. The summed E-state index contributed by atoms with van der Waals surface area (Å²) in [6.07, 6.45) is 0. The quantitative estimate of drug-likeness (QED) is 0.796. The highest BCUT2D eigenvalue weighted by atomic mass is 16.5. The number of hydrogen-bond acceptors (Lipinski definition) is 3. The minimum atomic E-state index is -0.343. The Morgan fingerprint density at radius 2 is 1.64 bits per heavy atom. The Kier molecular flexibility index (Phi) is 4.62. The molecule has 0 spiro atoms. The van der Waals surface area contributed by atoms with Gasteiger partial charge >= 0.3 is 5.97 Å². The molecule has 3 heteroatoms. The molecular formula is C19H19NO2. The SMILES string of the molecule is CC(C)(C)c1ccc(C(=O)OCc2ccc(C#N)cc2)cc1. The normalized spacial score (nSPS) is 10.8. The Balaban J connectivity index is 1.98. The highest BCUT2D eigenvalue weighted by Gasteiger charge is 2.14. The molecule has 0 atom stereocenters. The average molecular weight is 293 g/mol. The molecule has 0 amide bonds. The van der Waals surface area contributed by atoms with Crippen LogP contribution in [0.15, 0.2) is 48.5 Å². The number of hydrogen-bond donors (Lipinski definition) is 0. The number of benzene rings is 2. The lowest BCUT2D eigenvalue weighted by Gasteiger charge is -2.18. The molecule has 22 heavy (non-hydrogen) atoms. The van der Waals surface area contributed by atoms with Crippen LogP contribution in [-0.2, 0) is 16.8 Å². The fourth-order valence-electron chi connectivity index (χ4n) is 2.01. The summed E-state index contributed by atoms with van der Waals surface area (Å²) >= 11 is 0. The molecule has 0 saturated carbocycles. The lowest BCUT2D eigenvalue weighted by Crippen LogP contribution is -2.12. The smallest absolute Gasteiger partial charge is 0.338 e. The van der Waals surface area contributed by atoms with E-state index in [1.54, 1.807) is 36.4 Å². The first-order valence-electron chi connectivity index (χ1n) is 7.17. The minimum absolute atomic E-state index is 0.0604. The van der Waals surface area contributed by atoms with E-state index in [0.29, 0.717) is 11.1 Å². The third-order valence-corrected chi connectivity index (χ3v) is 3.44. The summed E-state index contributed by atoms with van der Waals surface area (Å²) in [5.74, 6) is -0.343. The van der Waals surface area contributed by atoms with Crippen LogP contribution in [0.5, 0.6) is 0 Å². The van der Waals surface area contributed by atoms with Crippen molar-refractivity contribution in [2.24, 2.45) is 0 Å². The molecule has 0 fully saturated rings. The van der Waals surface area contributed by atoms with Crippen molar-refractivity contribution < 1.29 is 9.53 Å². The van der Waals surface area contributed by atoms with Gasteiger partial charge in [-0.1, -0.05) is 45.0 Å². The van der Waals surface area contributed by atoms with Gasteiger partial charge < -0.3 is 4.74 Å². The van der Waals surface area contributed by atoms with Crippen LogP contribution in [-0.4, -0.2) is 5.97 Å². The Morgan fingerprint density at radius 3 is 2.14 bits per heavy atom. The van der Waals surface area contributed by atoms with Gasteiger partial charge in [-0.25, -0.2) is 4.79 Å². The van der Waals surface area contributed by atoms with Crippen molar-refractivity contribution in [3.63, 3.8) is 0 Å². The first-order valence-corrected chi connectivity index (χ1v) is 7.17. The third-order valence-electron chi connectivity index (χ3n) is 3.44. The topological polar surface area (TPSA) is 50.1 Å². The summed E-state index contributed by atoms with van der Waals surface area (Å²) in [7, 11) is 0. The van der Waals surface area contributed by atoms with Crippen molar-refractivity contribution in [1.82, 2.24) is 0 Å². The van der Waals surface area contributed by atoms with E-state index in [4.69, 9.17) is 10.00 Å². The largest absolute Gasteiger partial charge is 0.457 e. The Morgan fingerprint density at radius 1 is 1.05 bits per heavy atom. The zero-order valence-electron chi connectivity index (χ0n) is 13.1. The van der Waals surface area contributed by atoms with Crippen molar-refractivity contribution in [3.05, 3.63) is 70.8 Å². The fourth-order valence-corrected chi connectivity index (χ4v) is 2.01. The molecular weight excluding hydrogens is 274 g/mol. The Labute approximate surface area is 131 Å². The van der Waals surface area contributed by atoms with E-state index < -0.39 is 0 Å². The molecule has 0 aliphatic carbocycles. The van der Waals surface area contributed by atoms with Crippen molar-refractivity contribution >= 4 is 5.97 Å². The molecule has 0 aromatic heterocycles. The van der Waals surface area contributed by atoms with Gasteiger partial charge in [-0.3, -0.25) is 0 Å². The van der Waals surface area contributed by atoms with E-state index in [1.807, 2.05) is 12.1 Å². The zero-order chi connectivity index (χ0) is 16.2. The van der Waals surface area contributed by atoms with E-state index in [0.717, 1.165) is 5.56 Å². The van der Waals surface area contributed by atoms with E-state index in [1.165, 1.54) is 5.56 Å². The van der Waals surface area contributed by atoms with Gasteiger partial charge in [0.1, 0.15) is 6.61 Å². The van der Waals surface area contributed by atoms with Gasteiger partial charge in [0.15, 0.2) is 0 Å². The molecule has 2 aromatic rings. The van der Waals surface area contributed by atoms with Crippen LogP contribution >= 0.6 is 0 Å². The van der Waals surface area contributed by atoms with Crippen molar-refractivity contribution in [2.75, 3.05) is 0 Å². The second-order valence-electron chi connectivity index (χ2n) is 6.21. The van der Waals surface area contributed by atoms with Gasteiger partial charge in [-0.05, 0) is 40.8 Å². The molecule has 112 valence electrons. The minimum Gasteiger partial charge on any atom is -0.457 e. The summed E-state index contributed by atoms with van der Waals surface area (Å²) in [6, 6.07) is 16.5. The summed E-state index contributed by atoms with van der Waals surface area (Å²) < 4.78 is 5.29. The second-order valence-corrected chi connectivity index (χ2v) is 6.21. The van der Waals surface area contributed by atoms with Crippen LogP contribution in [0.4, 0.5) is 0 Å². The Bertz CT molecular complexity index is 686. The van der Waals surface area contributed by atoms with E-state index in [-0.39, 0.29) is 18.0 Å². The number of carbonyl (C=O) groups is 1. The van der Waals surface area contributed by atoms with Crippen LogP contribution < -0.4 is 0 Å². The fraction of sp³-hybridized carbons (Fsp3) is 0.263. The molecule has 2 rings (SSSR count). The highest BCUT2D eigenvalue weighted by Crippen LogP contribution is 2.22. The molecule has 2 aromatic carbocycles. The molecule has 0 radical (unpaired) electrons. The van der Waals surface area contributed by atoms with Crippen LogP contribution in [0.3, 0.4) is 0 Å². The van der Waals surface area contributed by atoms with Crippen LogP contribution in [0, 0.1) is 11.3 Å². The number of nitriles is 1. The van der Waals surface area contributed by atoms with Crippen LogP contribution in [0.2, 0.25) is 0 Å². The number of rotatable bonds is 3. The van der Waals surface area contributed by atoms with Crippen LogP contribution in [0.1, 0.15) is 47.8 Å². The third kappa shape index (κ3) is 3.95. The average Bonchev–Trinajstić information content (AvgIpc) is 2.52. The summed E-state index contributed by atoms with van der Waals surface area (Å²) in [4.78, 5) is 12.0. The zero-order valence-corrected chi connectivity index (χ0v) is 13.1. The lowest BCUT2D eigenvalue weighted by molar-refractivity contribution is 0.0472. The van der Waals surface area contributed by atoms with Crippen molar-refractivity contribution in [1.29, 1.82) is 5.26 Å². The summed E-state index contributed by atoms with van der Waals surface area (Å²) in [5.41, 5.74) is 3.23. The monoisotopic (exact) mass is 293 g/mol. The molecule has 0 aliphatic rings. The van der Waals surface area contributed by atoms with Crippen molar-refractivity contribution in [3.8, 4) is 6.07 Å². The Hall–Kier alpha value is -2.60. The highest BCUT2D eigenvalue weighted by molar-refractivity contribution is 5.89. The number of carbonyl (C=O) groups excluding carboxylic acids is 1. The van der Waals surface area contributed by atoms with Gasteiger partial charge in [0, 0.05) is 0 Å². The van der Waals surface area contributed by atoms with E-state index in [2.05, 4.69) is 26.8 Å².